The zero-order chi connectivity index (χ0) is 19.4. The van der Waals surface area contributed by atoms with Crippen LogP contribution in [-0.2, 0) is 23.7 Å². The Morgan fingerprint density at radius 3 is 1.59 bits per heavy atom. The first-order valence-electron chi connectivity index (χ1n) is 9.35. The lowest BCUT2D eigenvalue weighted by molar-refractivity contribution is -0.0124. The molecule has 0 unspecified atom stereocenters. The Morgan fingerprint density at radius 1 is 0.667 bits per heavy atom. The number of hydrogen-bond acceptors (Lipinski definition) is 8. The maximum Gasteiger partial charge on any atom is 0.142 e. The van der Waals surface area contributed by atoms with Crippen LogP contribution in [-0.4, -0.2) is 86.3 Å². The van der Waals surface area contributed by atoms with Gasteiger partial charge in [0.05, 0.1) is 71.8 Å². The van der Waals surface area contributed by atoms with Crippen molar-refractivity contribution >= 4 is 5.69 Å². The average Bonchev–Trinajstić information content (AvgIpc) is 2.68. The van der Waals surface area contributed by atoms with E-state index in [0.29, 0.717) is 84.1 Å². The maximum absolute atomic E-state index is 5.78. The standard InChI is InChI=1S/C19H34N2O6/c1-21-6-7-22-8-9-23-10-11-24-12-13-25-14-15-26-16-17-27-19-5-3-2-4-18(19)20/h2-5,21H,6-17,20H2,1H3. The van der Waals surface area contributed by atoms with Crippen molar-refractivity contribution in [2.24, 2.45) is 0 Å². The number of ether oxygens (including phenoxy) is 6. The molecule has 0 saturated carbocycles. The summed E-state index contributed by atoms with van der Waals surface area (Å²) in [6, 6.07) is 7.40. The van der Waals surface area contributed by atoms with Gasteiger partial charge in [-0.2, -0.15) is 0 Å². The smallest absolute Gasteiger partial charge is 0.142 e. The summed E-state index contributed by atoms with van der Waals surface area (Å²) in [5.41, 5.74) is 6.41. The maximum atomic E-state index is 5.78. The second kappa shape index (κ2) is 18.0. The minimum atomic E-state index is 0.456. The molecule has 0 bridgehead atoms. The third-order valence-electron chi connectivity index (χ3n) is 3.39. The average molecular weight is 386 g/mol. The Hall–Kier alpha value is -1.42. The monoisotopic (exact) mass is 386 g/mol. The molecule has 0 aliphatic carbocycles. The quantitative estimate of drug-likeness (QED) is 0.268. The topological polar surface area (TPSA) is 93.4 Å². The molecule has 8 nitrogen and oxygen atoms in total. The number of nitrogen functional groups attached to an aromatic ring is 1. The number of nitrogens with one attached hydrogen (secondary N) is 1. The van der Waals surface area contributed by atoms with Crippen molar-refractivity contribution in [3.8, 4) is 5.75 Å². The predicted molar refractivity (Wildman–Crippen MR) is 104 cm³/mol. The van der Waals surface area contributed by atoms with Gasteiger partial charge >= 0.3 is 0 Å². The van der Waals surface area contributed by atoms with Gasteiger partial charge in [0.1, 0.15) is 12.4 Å². The summed E-state index contributed by atoms with van der Waals surface area (Å²) < 4.78 is 32.5. The van der Waals surface area contributed by atoms with Crippen LogP contribution < -0.4 is 15.8 Å². The Morgan fingerprint density at radius 2 is 1.11 bits per heavy atom. The molecule has 0 spiro atoms. The number of nitrogens with two attached hydrogens (primary N) is 1. The molecule has 0 heterocycles. The molecule has 8 heteroatoms. The van der Waals surface area contributed by atoms with Gasteiger partial charge in [0.25, 0.3) is 0 Å². The van der Waals surface area contributed by atoms with Crippen LogP contribution >= 0.6 is 0 Å². The Kier molecular flexibility index (Phi) is 15.7. The number of benzene rings is 1. The van der Waals surface area contributed by atoms with Crippen molar-refractivity contribution in [3.63, 3.8) is 0 Å². The van der Waals surface area contributed by atoms with Crippen molar-refractivity contribution in [2.75, 3.05) is 92.0 Å². The molecular formula is C19H34N2O6. The van der Waals surface area contributed by atoms with E-state index in [1.54, 1.807) is 6.07 Å². The van der Waals surface area contributed by atoms with Crippen molar-refractivity contribution in [3.05, 3.63) is 24.3 Å². The summed E-state index contributed by atoms with van der Waals surface area (Å²) in [4.78, 5) is 0. The molecule has 0 aliphatic rings. The molecule has 0 aromatic heterocycles. The lowest BCUT2D eigenvalue weighted by atomic mass is 10.3. The Labute approximate surface area is 162 Å². The highest BCUT2D eigenvalue weighted by atomic mass is 16.6. The molecule has 27 heavy (non-hydrogen) atoms. The molecule has 3 N–H and O–H groups in total. The zero-order valence-electron chi connectivity index (χ0n) is 16.3. The molecule has 1 aromatic rings. The van der Waals surface area contributed by atoms with E-state index in [9.17, 15) is 0 Å². The summed E-state index contributed by atoms with van der Waals surface area (Å²) in [5, 5.41) is 3.01. The van der Waals surface area contributed by atoms with Gasteiger partial charge in [-0.15, -0.1) is 0 Å². The predicted octanol–water partition coefficient (Wildman–Crippen LogP) is 0.950. The van der Waals surface area contributed by atoms with E-state index in [1.165, 1.54) is 0 Å². The van der Waals surface area contributed by atoms with E-state index in [2.05, 4.69) is 5.32 Å². The number of para-hydroxylation sites is 2. The van der Waals surface area contributed by atoms with Gasteiger partial charge in [-0.1, -0.05) is 12.1 Å². The molecule has 1 aromatic carbocycles. The van der Waals surface area contributed by atoms with E-state index in [-0.39, 0.29) is 0 Å². The van der Waals surface area contributed by atoms with Crippen molar-refractivity contribution < 1.29 is 28.4 Å². The number of anilines is 1. The summed E-state index contributed by atoms with van der Waals surface area (Å²) in [6.45, 7) is 6.92. The second-order valence-electron chi connectivity index (χ2n) is 5.55. The van der Waals surface area contributed by atoms with Gasteiger partial charge in [0.2, 0.25) is 0 Å². The first-order valence-corrected chi connectivity index (χ1v) is 9.35. The SMILES string of the molecule is CNCCOCCOCCOCCOCCOCCOc1ccccc1N. The number of hydrogen-bond donors (Lipinski definition) is 2. The highest BCUT2D eigenvalue weighted by Crippen LogP contribution is 2.19. The number of rotatable bonds is 19. The van der Waals surface area contributed by atoms with Crippen LogP contribution in [0, 0.1) is 0 Å². The van der Waals surface area contributed by atoms with Crippen LogP contribution in [0.1, 0.15) is 0 Å². The lowest BCUT2D eigenvalue weighted by Gasteiger charge is -2.09. The fourth-order valence-electron chi connectivity index (χ4n) is 1.98. The van der Waals surface area contributed by atoms with Gasteiger partial charge < -0.3 is 39.5 Å². The van der Waals surface area contributed by atoms with Gasteiger partial charge in [-0.05, 0) is 19.2 Å². The van der Waals surface area contributed by atoms with Crippen molar-refractivity contribution in [2.45, 2.75) is 0 Å². The third-order valence-corrected chi connectivity index (χ3v) is 3.39. The van der Waals surface area contributed by atoms with Crippen LogP contribution in [0.2, 0.25) is 0 Å². The molecule has 0 aliphatic heterocycles. The fourth-order valence-corrected chi connectivity index (χ4v) is 1.98. The first kappa shape index (κ1) is 23.6. The normalized spacial score (nSPS) is 11.0. The van der Waals surface area contributed by atoms with Crippen molar-refractivity contribution in [1.29, 1.82) is 0 Å². The second-order valence-corrected chi connectivity index (χ2v) is 5.55. The van der Waals surface area contributed by atoms with E-state index in [4.69, 9.17) is 34.2 Å². The molecule has 156 valence electrons. The van der Waals surface area contributed by atoms with Gasteiger partial charge in [-0.3, -0.25) is 0 Å². The highest BCUT2D eigenvalue weighted by Gasteiger charge is 1.98. The van der Waals surface area contributed by atoms with Crippen molar-refractivity contribution in [1.82, 2.24) is 5.32 Å². The molecule has 1 rings (SSSR count). The van der Waals surface area contributed by atoms with Gasteiger partial charge in [0.15, 0.2) is 0 Å². The Balaban J connectivity index is 1.73. The Bertz CT molecular complexity index is 450. The molecule has 0 radical (unpaired) electrons. The van der Waals surface area contributed by atoms with E-state index in [0.717, 1.165) is 6.54 Å². The van der Waals surface area contributed by atoms with E-state index < -0.39 is 0 Å². The van der Waals surface area contributed by atoms with Crippen LogP contribution in [0.25, 0.3) is 0 Å². The summed E-state index contributed by atoms with van der Waals surface area (Å²) in [5.74, 6) is 0.680. The van der Waals surface area contributed by atoms with Crippen LogP contribution in [0.5, 0.6) is 5.75 Å². The minimum absolute atomic E-state index is 0.456. The lowest BCUT2D eigenvalue weighted by Crippen LogP contribution is -2.17. The summed E-state index contributed by atoms with van der Waals surface area (Å²) >= 11 is 0. The first-order chi connectivity index (χ1) is 13.3. The van der Waals surface area contributed by atoms with Crippen LogP contribution in [0.15, 0.2) is 24.3 Å². The summed E-state index contributed by atoms with van der Waals surface area (Å²) in [6.07, 6.45) is 0. The van der Waals surface area contributed by atoms with Crippen LogP contribution in [0.4, 0.5) is 5.69 Å². The molecule has 0 amide bonds. The minimum Gasteiger partial charge on any atom is -0.489 e. The molecular weight excluding hydrogens is 352 g/mol. The largest absolute Gasteiger partial charge is 0.489 e. The third kappa shape index (κ3) is 14.3. The zero-order valence-corrected chi connectivity index (χ0v) is 16.3. The van der Waals surface area contributed by atoms with E-state index >= 15 is 0 Å². The van der Waals surface area contributed by atoms with Crippen LogP contribution in [0.3, 0.4) is 0 Å². The van der Waals surface area contributed by atoms with E-state index in [1.807, 2.05) is 25.2 Å². The molecule has 0 fully saturated rings. The molecule has 0 saturated heterocycles. The fraction of sp³-hybridized carbons (Fsp3) is 0.684. The molecule has 0 atom stereocenters. The van der Waals surface area contributed by atoms with Gasteiger partial charge in [0, 0.05) is 6.54 Å². The highest BCUT2D eigenvalue weighted by molar-refractivity contribution is 5.51. The number of likely N-dealkylation sites (N-methyl/N-ethyl adjacent to an activating group) is 1. The van der Waals surface area contributed by atoms with Gasteiger partial charge in [-0.25, -0.2) is 0 Å². The summed E-state index contributed by atoms with van der Waals surface area (Å²) in [7, 11) is 1.90.